The number of Topliss-reactive ketones (excluding diaryl/α,β-unsaturated/α-hetero) is 3. The average Bonchev–Trinajstić information content (AvgIpc) is 4.10. The fourth-order valence-electron chi connectivity index (χ4n) is 7.85. The number of pyridine rings is 2. The van der Waals surface area contributed by atoms with Crippen molar-refractivity contribution >= 4 is 34.7 Å². The Balaban J connectivity index is 0.000000168. The van der Waals surface area contributed by atoms with Crippen molar-refractivity contribution in [1.29, 1.82) is 10.5 Å². The highest BCUT2D eigenvalue weighted by atomic mass is 16.4. The maximum atomic E-state index is 12.5. The predicted octanol–water partition coefficient (Wildman–Crippen LogP) is 4.50. The molecule has 2 spiro atoms. The maximum Gasteiger partial charge on any atom is 0.354 e. The molecule has 8 rings (SSSR count). The van der Waals surface area contributed by atoms with Crippen LogP contribution in [-0.4, -0.2) is 81.4 Å². The molecule has 4 aliphatic carbocycles. The first-order valence-corrected chi connectivity index (χ1v) is 17.8. The van der Waals surface area contributed by atoms with E-state index in [1.807, 2.05) is 13.0 Å². The van der Waals surface area contributed by atoms with Gasteiger partial charge in [0.05, 0.1) is 11.4 Å². The van der Waals surface area contributed by atoms with Crippen molar-refractivity contribution in [2.45, 2.75) is 77.6 Å². The summed E-state index contributed by atoms with van der Waals surface area (Å²) in [5, 5.41) is 28.3. The number of fused-ring (bicyclic) bond motifs is 2. The fourth-order valence-corrected chi connectivity index (χ4v) is 7.85. The quantitative estimate of drug-likeness (QED) is 0.418. The van der Waals surface area contributed by atoms with Crippen LogP contribution in [-0.2, 0) is 22.4 Å². The lowest BCUT2D eigenvalue weighted by atomic mass is 9.86. The number of nitrogens with zero attached hydrogens (tertiary/aromatic N) is 6. The third kappa shape index (κ3) is 6.93. The number of aromatic carboxylic acids is 1. The molecule has 4 fully saturated rings. The molecule has 2 aliphatic heterocycles. The number of aromatic nitrogens is 2. The molecule has 12 nitrogen and oxygen atoms in total. The summed E-state index contributed by atoms with van der Waals surface area (Å²) < 4.78 is 0. The summed E-state index contributed by atoms with van der Waals surface area (Å²) in [6.45, 7) is 5.15. The van der Waals surface area contributed by atoms with E-state index in [1.165, 1.54) is 45.0 Å². The van der Waals surface area contributed by atoms with Gasteiger partial charge >= 0.3 is 5.97 Å². The van der Waals surface area contributed by atoms with Crippen molar-refractivity contribution in [3.63, 3.8) is 0 Å². The number of nitriles is 2. The molecule has 0 atom stereocenters. The van der Waals surface area contributed by atoms with Gasteiger partial charge in [-0.15, -0.1) is 0 Å². The number of piperidine rings is 2. The number of allylic oxidation sites excluding steroid dienone is 2. The first-order valence-electron chi connectivity index (χ1n) is 17.8. The number of carboxylic acid groups (broad SMARTS) is 1. The van der Waals surface area contributed by atoms with Gasteiger partial charge in [0.25, 0.3) is 0 Å². The van der Waals surface area contributed by atoms with Crippen molar-refractivity contribution in [3.05, 3.63) is 69.3 Å². The van der Waals surface area contributed by atoms with E-state index in [1.54, 1.807) is 12.3 Å². The lowest BCUT2D eigenvalue weighted by Gasteiger charge is -2.37. The molecule has 2 aromatic rings. The highest BCUT2D eigenvalue weighted by molar-refractivity contribution is 6.11. The van der Waals surface area contributed by atoms with Crippen molar-refractivity contribution < 1.29 is 24.3 Å². The number of nitrogens with two attached hydrogens (primary N) is 1. The zero-order valence-corrected chi connectivity index (χ0v) is 29.3. The standard InChI is InChI=1S/C20H21N3O2.C18H17N3O3.CH5N/c1-2-17(24)16-10-14-13(12-22-16)9-18(25)15(11-21)19(14)23-7-5-20(3-4-20)6-8-23;19-9-13-15(22)7-11-10-20-14(17(23)24)8-12(11)16(13)21-5-3-18(1-2-18)4-6-21;1-2/h10,12H,2-9H2,1H3;8,10H,1-7H2,(H,23,24);2H2,1H3. The first-order chi connectivity index (χ1) is 24.6. The summed E-state index contributed by atoms with van der Waals surface area (Å²) in [6.07, 6.45) is 13.3. The molecule has 0 bridgehead atoms. The Morgan fingerprint density at radius 1 is 0.745 bits per heavy atom. The number of rotatable bonds is 5. The highest BCUT2D eigenvalue weighted by Crippen LogP contribution is 2.55. The Labute approximate surface area is 297 Å². The van der Waals surface area contributed by atoms with Crippen LogP contribution in [0.2, 0.25) is 0 Å². The smallest absolute Gasteiger partial charge is 0.354 e. The minimum atomic E-state index is -1.11. The fraction of sp³-hybridized carbons (Fsp3) is 0.487. The van der Waals surface area contributed by atoms with E-state index in [2.05, 4.69) is 31.6 Å². The number of carboxylic acids is 1. The van der Waals surface area contributed by atoms with Crippen molar-refractivity contribution in [2.24, 2.45) is 16.6 Å². The van der Waals surface area contributed by atoms with Gasteiger partial charge in [-0.2, -0.15) is 10.5 Å². The van der Waals surface area contributed by atoms with Gasteiger partial charge in [0, 0.05) is 69.0 Å². The minimum Gasteiger partial charge on any atom is -0.477 e. The summed E-state index contributed by atoms with van der Waals surface area (Å²) in [5.74, 6) is -1.49. The monoisotopic (exact) mass is 689 g/mol. The van der Waals surface area contributed by atoms with Crippen molar-refractivity contribution in [2.75, 3.05) is 33.2 Å². The Morgan fingerprint density at radius 3 is 1.49 bits per heavy atom. The van der Waals surface area contributed by atoms with Crippen LogP contribution in [0.25, 0.3) is 11.4 Å². The van der Waals surface area contributed by atoms with Gasteiger partial charge in [0.1, 0.15) is 34.7 Å². The predicted molar refractivity (Wildman–Crippen MR) is 188 cm³/mol. The molecule has 0 amide bonds. The van der Waals surface area contributed by atoms with Crippen LogP contribution >= 0.6 is 0 Å². The average molecular weight is 690 g/mol. The van der Waals surface area contributed by atoms with E-state index in [0.29, 0.717) is 39.8 Å². The Kier molecular flexibility index (Phi) is 9.92. The molecule has 264 valence electrons. The molecule has 2 saturated heterocycles. The zero-order valence-electron chi connectivity index (χ0n) is 29.3. The van der Waals surface area contributed by atoms with Crippen molar-refractivity contribution in [3.8, 4) is 12.1 Å². The van der Waals surface area contributed by atoms with Crippen molar-refractivity contribution in [1.82, 2.24) is 19.8 Å². The van der Waals surface area contributed by atoms with E-state index in [-0.39, 0.29) is 47.0 Å². The molecule has 3 N–H and O–H groups in total. The van der Waals surface area contributed by atoms with Gasteiger partial charge in [0.2, 0.25) is 0 Å². The number of hydrogen-bond donors (Lipinski definition) is 2. The lowest BCUT2D eigenvalue weighted by molar-refractivity contribution is -0.115. The molecule has 51 heavy (non-hydrogen) atoms. The molecule has 6 aliphatic rings. The number of ketones is 3. The summed E-state index contributed by atoms with van der Waals surface area (Å²) in [7, 11) is 1.50. The summed E-state index contributed by atoms with van der Waals surface area (Å²) >= 11 is 0. The van der Waals surface area contributed by atoms with Crippen LogP contribution in [0.15, 0.2) is 35.7 Å². The number of hydrogen-bond acceptors (Lipinski definition) is 11. The van der Waals surface area contributed by atoms with E-state index in [9.17, 15) is 34.8 Å². The molecular weight excluding hydrogens is 646 g/mol. The van der Waals surface area contributed by atoms with Crippen LogP contribution in [0.3, 0.4) is 0 Å². The molecule has 0 aromatic carbocycles. The van der Waals surface area contributed by atoms with E-state index in [0.717, 1.165) is 68.7 Å². The number of likely N-dealkylation sites (tertiary alicyclic amines) is 2. The van der Waals surface area contributed by atoms with Gasteiger partial charge < -0.3 is 20.6 Å². The van der Waals surface area contributed by atoms with Gasteiger partial charge in [-0.05, 0) is 92.5 Å². The molecule has 2 aromatic heterocycles. The second kappa shape index (κ2) is 14.2. The third-order valence-electron chi connectivity index (χ3n) is 11.5. The van der Waals surface area contributed by atoms with E-state index < -0.39 is 5.97 Å². The SMILES string of the molecule is CCC(=O)c1cc2c(cn1)CC(=O)C(C#N)=C2N1CCC2(CC1)CC2.CN.N#CC1=C(N2CCC3(CC2)CC3)c2cc(C(=O)O)ncc2CC1=O. The van der Waals surface area contributed by atoms with Gasteiger partial charge in [0.15, 0.2) is 17.3 Å². The van der Waals surface area contributed by atoms with E-state index in [4.69, 9.17) is 0 Å². The summed E-state index contributed by atoms with van der Waals surface area (Å²) in [5.41, 5.74) is 10.6. The van der Waals surface area contributed by atoms with Gasteiger partial charge in [-0.3, -0.25) is 19.4 Å². The molecule has 12 heteroatoms. The topological polar surface area (TPSA) is 194 Å². The summed E-state index contributed by atoms with van der Waals surface area (Å²) in [6, 6.07) is 7.45. The van der Waals surface area contributed by atoms with Gasteiger partial charge in [-0.1, -0.05) is 6.92 Å². The largest absolute Gasteiger partial charge is 0.477 e. The molecule has 4 heterocycles. The van der Waals surface area contributed by atoms with Crippen LogP contribution in [0.1, 0.15) is 108 Å². The first kappa shape index (κ1) is 35.6. The Morgan fingerprint density at radius 2 is 1.14 bits per heavy atom. The van der Waals surface area contributed by atoms with E-state index >= 15 is 0 Å². The van der Waals surface area contributed by atoms with Crippen LogP contribution in [0.4, 0.5) is 0 Å². The molecule has 0 radical (unpaired) electrons. The van der Waals surface area contributed by atoms with Crippen LogP contribution in [0, 0.1) is 33.5 Å². The molecular formula is C39H43N7O5. The molecule has 2 saturated carbocycles. The summed E-state index contributed by atoms with van der Waals surface area (Å²) in [4.78, 5) is 60.5. The number of carbonyl (C=O) groups excluding carboxylic acids is 3. The third-order valence-corrected chi connectivity index (χ3v) is 11.5. The van der Waals surface area contributed by atoms with Crippen LogP contribution in [0.5, 0.6) is 0 Å². The normalized spacial score (nSPS) is 20.6. The lowest BCUT2D eigenvalue weighted by Crippen LogP contribution is -2.36. The Bertz CT molecular complexity index is 1940. The Hall–Kier alpha value is -5.20. The van der Waals surface area contributed by atoms with Gasteiger partial charge in [-0.25, -0.2) is 9.78 Å². The second-order valence-electron chi connectivity index (χ2n) is 14.4. The second-order valence-corrected chi connectivity index (χ2v) is 14.4. The molecule has 0 unspecified atom stereocenters. The maximum absolute atomic E-state index is 12.5. The highest BCUT2D eigenvalue weighted by Gasteiger charge is 2.46. The zero-order chi connectivity index (χ0) is 36.5. The van der Waals surface area contributed by atoms with Crippen LogP contribution < -0.4 is 5.73 Å². The number of carbonyl (C=O) groups is 4. The minimum absolute atomic E-state index is 0.0202.